The van der Waals surface area contributed by atoms with Crippen molar-refractivity contribution in [3.63, 3.8) is 0 Å². The standard InChI is InChI=1S/C12H22N4O3/c1-12(2,3)19-11(18)16-7-5-9(8-17)10(16)4-6-14-15-13/h9-10,17H,4-8H2,1-3H3/t9-,10+/m0/s1. The molecule has 0 bridgehead atoms. The van der Waals surface area contributed by atoms with E-state index < -0.39 is 5.60 Å². The lowest BCUT2D eigenvalue weighted by Gasteiger charge is -2.30. The minimum Gasteiger partial charge on any atom is -0.444 e. The molecule has 1 saturated heterocycles. The summed E-state index contributed by atoms with van der Waals surface area (Å²) in [5.41, 5.74) is 7.76. The zero-order valence-electron chi connectivity index (χ0n) is 11.7. The summed E-state index contributed by atoms with van der Waals surface area (Å²) in [4.78, 5) is 16.4. The quantitative estimate of drug-likeness (QED) is 0.482. The highest BCUT2D eigenvalue weighted by molar-refractivity contribution is 5.69. The number of carbonyl (C=O) groups is 1. The Labute approximate surface area is 113 Å². The first-order valence-corrected chi connectivity index (χ1v) is 6.50. The van der Waals surface area contributed by atoms with Gasteiger partial charge in [0.15, 0.2) is 0 Å². The number of rotatable bonds is 4. The summed E-state index contributed by atoms with van der Waals surface area (Å²) in [6, 6.07) is -0.120. The van der Waals surface area contributed by atoms with Gasteiger partial charge in [-0.2, -0.15) is 0 Å². The van der Waals surface area contributed by atoms with Gasteiger partial charge in [0, 0.05) is 36.6 Å². The molecular formula is C12H22N4O3. The van der Waals surface area contributed by atoms with Crippen molar-refractivity contribution >= 4 is 6.09 Å². The summed E-state index contributed by atoms with van der Waals surface area (Å²) in [5.74, 6) is 0.0291. The largest absolute Gasteiger partial charge is 0.444 e. The van der Waals surface area contributed by atoms with Crippen LogP contribution in [0.1, 0.15) is 33.6 Å². The lowest BCUT2D eigenvalue weighted by molar-refractivity contribution is 0.0189. The number of carbonyl (C=O) groups excluding carboxylic acids is 1. The van der Waals surface area contributed by atoms with Crippen LogP contribution in [-0.4, -0.2) is 47.4 Å². The fraction of sp³-hybridized carbons (Fsp3) is 0.917. The Morgan fingerprint density at radius 3 is 2.79 bits per heavy atom. The minimum absolute atomic E-state index is 0.0280. The zero-order chi connectivity index (χ0) is 14.5. The van der Waals surface area contributed by atoms with Crippen molar-refractivity contribution in [1.29, 1.82) is 0 Å². The van der Waals surface area contributed by atoms with Crippen LogP contribution in [0.4, 0.5) is 4.79 Å². The molecule has 2 atom stereocenters. The lowest BCUT2D eigenvalue weighted by Crippen LogP contribution is -2.42. The molecule has 1 N–H and O–H groups in total. The van der Waals surface area contributed by atoms with Crippen molar-refractivity contribution in [1.82, 2.24) is 4.90 Å². The number of nitrogens with zero attached hydrogens (tertiary/aromatic N) is 4. The van der Waals surface area contributed by atoms with Gasteiger partial charge in [-0.1, -0.05) is 5.11 Å². The molecule has 1 amide bonds. The molecule has 0 spiro atoms. The molecule has 0 aromatic heterocycles. The van der Waals surface area contributed by atoms with Gasteiger partial charge in [-0.25, -0.2) is 4.79 Å². The van der Waals surface area contributed by atoms with Gasteiger partial charge in [-0.3, -0.25) is 0 Å². The van der Waals surface area contributed by atoms with Gasteiger partial charge in [0.2, 0.25) is 0 Å². The summed E-state index contributed by atoms with van der Waals surface area (Å²) in [5, 5.41) is 12.8. The van der Waals surface area contributed by atoms with E-state index in [0.717, 1.165) is 6.42 Å². The Bertz CT molecular complexity index is 360. The number of hydrogen-bond donors (Lipinski definition) is 1. The van der Waals surface area contributed by atoms with Gasteiger partial charge in [0.1, 0.15) is 5.60 Å². The van der Waals surface area contributed by atoms with Crippen molar-refractivity contribution < 1.29 is 14.6 Å². The van der Waals surface area contributed by atoms with Crippen molar-refractivity contribution in [2.24, 2.45) is 11.0 Å². The van der Waals surface area contributed by atoms with Crippen LogP contribution in [0.3, 0.4) is 0 Å². The Balaban J connectivity index is 2.68. The van der Waals surface area contributed by atoms with Crippen molar-refractivity contribution in [3.8, 4) is 0 Å². The van der Waals surface area contributed by atoms with E-state index >= 15 is 0 Å². The van der Waals surface area contributed by atoms with Gasteiger partial charge >= 0.3 is 6.09 Å². The van der Waals surface area contributed by atoms with Crippen molar-refractivity contribution in [2.75, 3.05) is 19.7 Å². The first-order chi connectivity index (χ1) is 8.89. The van der Waals surface area contributed by atoms with Crippen LogP contribution in [0.5, 0.6) is 0 Å². The van der Waals surface area contributed by atoms with E-state index in [4.69, 9.17) is 10.3 Å². The molecule has 1 fully saturated rings. The van der Waals surface area contributed by atoms with Gasteiger partial charge in [-0.15, -0.1) is 0 Å². The molecule has 1 heterocycles. The van der Waals surface area contributed by atoms with Crippen molar-refractivity contribution in [3.05, 3.63) is 10.4 Å². The summed E-state index contributed by atoms with van der Waals surface area (Å²) in [7, 11) is 0. The van der Waals surface area contributed by atoms with Gasteiger partial charge in [0.05, 0.1) is 0 Å². The minimum atomic E-state index is -0.538. The molecule has 1 aliphatic rings. The topological polar surface area (TPSA) is 98.5 Å². The molecule has 108 valence electrons. The highest BCUT2D eigenvalue weighted by Gasteiger charge is 2.38. The monoisotopic (exact) mass is 270 g/mol. The van der Waals surface area contributed by atoms with Gasteiger partial charge in [-0.05, 0) is 39.1 Å². The third-order valence-electron chi connectivity index (χ3n) is 3.14. The predicted molar refractivity (Wildman–Crippen MR) is 70.6 cm³/mol. The molecule has 0 radical (unpaired) electrons. The maximum atomic E-state index is 12.1. The number of aliphatic hydroxyl groups excluding tert-OH is 1. The van der Waals surface area contributed by atoms with E-state index in [1.807, 2.05) is 20.8 Å². The van der Waals surface area contributed by atoms with Crippen molar-refractivity contribution in [2.45, 2.75) is 45.3 Å². The van der Waals surface area contributed by atoms with Crippen LogP contribution < -0.4 is 0 Å². The molecule has 0 unspecified atom stereocenters. The van der Waals surface area contributed by atoms with E-state index in [9.17, 15) is 9.90 Å². The predicted octanol–water partition coefficient (Wildman–Crippen LogP) is 2.30. The van der Waals surface area contributed by atoms with Gasteiger partial charge < -0.3 is 14.7 Å². The summed E-state index contributed by atoms with van der Waals surface area (Å²) in [6.45, 7) is 6.37. The molecule has 1 aliphatic heterocycles. The molecule has 19 heavy (non-hydrogen) atoms. The van der Waals surface area contributed by atoms with E-state index in [1.54, 1.807) is 4.90 Å². The molecule has 7 heteroatoms. The van der Waals surface area contributed by atoms with Gasteiger partial charge in [0.25, 0.3) is 0 Å². The number of likely N-dealkylation sites (tertiary alicyclic amines) is 1. The first kappa shape index (κ1) is 15.6. The van der Waals surface area contributed by atoms with E-state index in [0.29, 0.717) is 19.5 Å². The summed E-state index contributed by atoms with van der Waals surface area (Å²) in [6.07, 6.45) is 0.931. The molecule has 0 aliphatic carbocycles. The van der Waals surface area contributed by atoms with E-state index in [-0.39, 0.29) is 24.7 Å². The maximum Gasteiger partial charge on any atom is 0.410 e. The second-order valence-electron chi connectivity index (χ2n) is 5.72. The lowest BCUT2D eigenvalue weighted by atomic mass is 9.99. The number of aliphatic hydroxyl groups is 1. The SMILES string of the molecule is CC(C)(C)OC(=O)N1CC[C@@H](CO)[C@H]1CCN=[N+]=[N-]. The Kier molecular flexibility index (Phi) is 5.44. The van der Waals surface area contributed by atoms with E-state index in [2.05, 4.69) is 10.0 Å². The normalized spacial score (nSPS) is 23.1. The number of azide groups is 1. The highest BCUT2D eigenvalue weighted by Crippen LogP contribution is 2.28. The molecule has 0 saturated carbocycles. The number of ether oxygens (including phenoxy) is 1. The molecule has 0 aromatic carbocycles. The average molecular weight is 270 g/mol. The Morgan fingerprint density at radius 1 is 1.58 bits per heavy atom. The third kappa shape index (κ3) is 4.61. The molecule has 7 nitrogen and oxygen atoms in total. The average Bonchev–Trinajstić information content (AvgIpc) is 2.70. The fourth-order valence-corrected chi connectivity index (χ4v) is 2.30. The first-order valence-electron chi connectivity index (χ1n) is 6.50. The zero-order valence-corrected chi connectivity index (χ0v) is 11.7. The second-order valence-corrected chi connectivity index (χ2v) is 5.72. The second kappa shape index (κ2) is 6.63. The van der Waals surface area contributed by atoms with Crippen LogP contribution in [0.15, 0.2) is 5.11 Å². The molecular weight excluding hydrogens is 248 g/mol. The number of amides is 1. The fourth-order valence-electron chi connectivity index (χ4n) is 2.30. The highest BCUT2D eigenvalue weighted by atomic mass is 16.6. The molecule has 1 rings (SSSR count). The third-order valence-corrected chi connectivity index (χ3v) is 3.14. The maximum absolute atomic E-state index is 12.1. The smallest absolute Gasteiger partial charge is 0.410 e. The van der Waals surface area contributed by atoms with Crippen LogP contribution >= 0.6 is 0 Å². The Hall–Kier alpha value is -1.46. The van der Waals surface area contributed by atoms with Crippen LogP contribution in [0, 0.1) is 5.92 Å². The number of hydrogen-bond acceptors (Lipinski definition) is 4. The Morgan fingerprint density at radius 2 is 2.26 bits per heavy atom. The van der Waals surface area contributed by atoms with Crippen LogP contribution in [-0.2, 0) is 4.74 Å². The molecule has 0 aromatic rings. The van der Waals surface area contributed by atoms with E-state index in [1.165, 1.54) is 0 Å². The summed E-state index contributed by atoms with van der Waals surface area (Å²) >= 11 is 0. The van der Waals surface area contributed by atoms with Crippen LogP contribution in [0.2, 0.25) is 0 Å². The summed E-state index contributed by atoms with van der Waals surface area (Å²) < 4.78 is 5.35. The van der Waals surface area contributed by atoms with Crippen LogP contribution in [0.25, 0.3) is 10.4 Å².